The molecule has 1 aliphatic carbocycles. The highest BCUT2D eigenvalue weighted by Crippen LogP contribution is 2.39. The maximum atomic E-state index is 11.6. The van der Waals surface area contributed by atoms with Gasteiger partial charge in [0, 0.05) is 0 Å². The second-order valence-electron chi connectivity index (χ2n) is 4.72. The number of aliphatic hydroxyl groups excluding tert-OH is 1. The number of aromatic hydroxyl groups is 1. The molecule has 102 valence electrons. The van der Waals surface area contributed by atoms with Crippen molar-refractivity contribution in [2.45, 2.75) is 18.9 Å². The predicted molar refractivity (Wildman–Crippen MR) is 68.7 cm³/mol. The summed E-state index contributed by atoms with van der Waals surface area (Å²) in [4.78, 5) is 22.7. The molecule has 1 fully saturated rings. The number of aryl methyl sites for hydroxylation is 1. The molecule has 0 saturated heterocycles. The van der Waals surface area contributed by atoms with E-state index in [4.69, 9.17) is 0 Å². The SMILES string of the molecule is Cc1nn(-c2ccccc2)c(O)c1C1C(=O)C(=O)C1O. The van der Waals surface area contributed by atoms with Gasteiger partial charge in [0.2, 0.25) is 17.4 Å². The van der Waals surface area contributed by atoms with Gasteiger partial charge in [0.1, 0.15) is 6.10 Å². The molecule has 0 spiro atoms. The van der Waals surface area contributed by atoms with E-state index in [1.807, 2.05) is 6.07 Å². The number of aliphatic hydroxyl groups is 1. The van der Waals surface area contributed by atoms with Crippen LogP contribution in [0.25, 0.3) is 5.69 Å². The summed E-state index contributed by atoms with van der Waals surface area (Å²) in [6, 6.07) is 8.91. The zero-order valence-corrected chi connectivity index (χ0v) is 10.6. The maximum Gasteiger partial charge on any atom is 0.228 e. The Hall–Kier alpha value is -2.47. The van der Waals surface area contributed by atoms with Crippen molar-refractivity contribution in [1.82, 2.24) is 9.78 Å². The molecule has 6 heteroatoms. The molecule has 2 unspecified atom stereocenters. The minimum atomic E-state index is -1.39. The van der Waals surface area contributed by atoms with Gasteiger partial charge in [0.15, 0.2) is 0 Å². The molecule has 1 aromatic carbocycles. The van der Waals surface area contributed by atoms with Crippen molar-refractivity contribution in [2.24, 2.45) is 0 Å². The van der Waals surface area contributed by atoms with Crippen molar-refractivity contribution in [2.75, 3.05) is 0 Å². The smallest absolute Gasteiger partial charge is 0.228 e. The van der Waals surface area contributed by atoms with Gasteiger partial charge in [0.05, 0.1) is 22.9 Å². The predicted octanol–water partition coefficient (Wildman–Crippen LogP) is 0.483. The molecule has 0 bridgehead atoms. The molecule has 2 aromatic rings. The van der Waals surface area contributed by atoms with Gasteiger partial charge in [-0.05, 0) is 19.1 Å². The Morgan fingerprint density at radius 2 is 1.80 bits per heavy atom. The summed E-state index contributed by atoms with van der Waals surface area (Å²) in [6.07, 6.45) is -1.39. The number of hydrogen-bond acceptors (Lipinski definition) is 5. The van der Waals surface area contributed by atoms with Crippen LogP contribution in [-0.4, -0.2) is 37.7 Å². The first-order chi connectivity index (χ1) is 9.52. The molecule has 1 aromatic heterocycles. The van der Waals surface area contributed by atoms with E-state index < -0.39 is 23.6 Å². The summed E-state index contributed by atoms with van der Waals surface area (Å²) in [5.41, 5.74) is 1.26. The van der Waals surface area contributed by atoms with Gasteiger partial charge in [0.25, 0.3) is 0 Å². The minimum absolute atomic E-state index is 0.214. The van der Waals surface area contributed by atoms with Crippen molar-refractivity contribution in [3.8, 4) is 11.6 Å². The lowest BCUT2D eigenvalue weighted by Gasteiger charge is -2.28. The van der Waals surface area contributed by atoms with Crippen LogP contribution in [0.1, 0.15) is 17.2 Å². The van der Waals surface area contributed by atoms with Gasteiger partial charge in [-0.2, -0.15) is 5.10 Å². The summed E-state index contributed by atoms with van der Waals surface area (Å²) < 4.78 is 1.29. The van der Waals surface area contributed by atoms with Gasteiger partial charge in [-0.15, -0.1) is 0 Å². The highest BCUT2D eigenvalue weighted by molar-refractivity contribution is 6.48. The van der Waals surface area contributed by atoms with Gasteiger partial charge < -0.3 is 10.2 Å². The molecule has 0 aliphatic heterocycles. The average Bonchev–Trinajstić information content (AvgIpc) is 2.76. The van der Waals surface area contributed by atoms with Crippen molar-refractivity contribution >= 4 is 11.6 Å². The molecule has 0 amide bonds. The number of hydrogen-bond donors (Lipinski definition) is 2. The lowest BCUT2D eigenvalue weighted by atomic mass is 9.74. The van der Waals surface area contributed by atoms with Crippen LogP contribution in [0.2, 0.25) is 0 Å². The van der Waals surface area contributed by atoms with E-state index in [0.717, 1.165) is 0 Å². The highest BCUT2D eigenvalue weighted by atomic mass is 16.3. The van der Waals surface area contributed by atoms with E-state index in [9.17, 15) is 19.8 Å². The fraction of sp³-hybridized carbons (Fsp3) is 0.214. The Kier molecular flexibility index (Phi) is 2.69. The third kappa shape index (κ3) is 1.58. The van der Waals surface area contributed by atoms with Gasteiger partial charge in [-0.25, -0.2) is 4.68 Å². The fourth-order valence-electron chi connectivity index (χ4n) is 2.43. The van der Waals surface area contributed by atoms with Crippen molar-refractivity contribution in [1.29, 1.82) is 0 Å². The largest absolute Gasteiger partial charge is 0.493 e. The van der Waals surface area contributed by atoms with E-state index >= 15 is 0 Å². The Balaban J connectivity index is 2.09. The first-order valence-corrected chi connectivity index (χ1v) is 6.12. The van der Waals surface area contributed by atoms with Crippen LogP contribution < -0.4 is 0 Å². The molecule has 6 nitrogen and oxygen atoms in total. The van der Waals surface area contributed by atoms with E-state index in [-0.39, 0.29) is 11.4 Å². The van der Waals surface area contributed by atoms with Crippen LogP contribution in [0.5, 0.6) is 5.88 Å². The molecule has 2 atom stereocenters. The quantitative estimate of drug-likeness (QED) is 0.776. The summed E-state index contributed by atoms with van der Waals surface area (Å²) in [7, 11) is 0. The number of carbonyl (C=O) groups excluding carboxylic acids is 2. The van der Waals surface area contributed by atoms with Gasteiger partial charge >= 0.3 is 0 Å². The molecular weight excluding hydrogens is 260 g/mol. The summed E-state index contributed by atoms with van der Waals surface area (Å²) in [5, 5.41) is 24.0. The molecule has 20 heavy (non-hydrogen) atoms. The third-order valence-corrected chi connectivity index (χ3v) is 3.50. The van der Waals surface area contributed by atoms with Crippen LogP contribution in [-0.2, 0) is 9.59 Å². The fourth-order valence-corrected chi connectivity index (χ4v) is 2.43. The Morgan fingerprint density at radius 1 is 1.15 bits per heavy atom. The van der Waals surface area contributed by atoms with Crippen molar-refractivity contribution in [3.05, 3.63) is 41.6 Å². The zero-order chi connectivity index (χ0) is 14.4. The van der Waals surface area contributed by atoms with E-state index in [2.05, 4.69) is 5.10 Å². The first kappa shape index (κ1) is 12.6. The first-order valence-electron chi connectivity index (χ1n) is 6.12. The monoisotopic (exact) mass is 272 g/mol. The summed E-state index contributed by atoms with van der Waals surface area (Å²) in [5.74, 6) is -2.75. The minimum Gasteiger partial charge on any atom is -0.493 e. The summed E-state index contributed by atoms with van der Waals surface area (Å²) >= 11 is 0. The number of Topliss-reactive ketones (excluding diaryl/α,β-unsaturated/α-hetero) is 2. The van der Waals surface area contributed by atoms with E-state index in [1.165, 1.54) is 4.68 Å². The van der Waals surface area contributed by atoms with Crippen LogP contribution in [0.15, 0.2) is 30.3 Å². The van der Waals surface area contributed by atoms with Gasteiger partial charge in [-0.1, -0.05) is 18.2 Å². The number of benzene rings is 1. The van der Waals surface area contributed by atoms with Gasteiger partial charge in [-0.3, -0.25) is 9.59 Å². The molecule has 3 rings (SSSR count). The molecule has 2 N–H and O–H groups in total. The molecule has 1 aliphatic rings. The normalized spacial score (nSPS) is 21.9. The Bertz CT molecular complexity index is 705. The summed E-state index contributed by atoms with van der Waals surface area (Å²) in [6.45, 7) is 1.62. The van der Waals surface area contributed by atoms with Crippen molar-refractivity contribution < 1.29 is 19.8 Å². The lowest BCUT2D eigenvalue weighted by Crippen LogP contribution is -2.51. The van der Waals surface area contributed by atoms with E-state index in [0.29, 0.717) is 11.4 Å². The highest BCUT2D eigenvalue weighted by Gasteiger charge is 2.51. The number of aromatic nitrogens is 2. The van der Waals surface area contributed by atoms with Crippen LogP contribution in [0.3, 0.4) is 0 Å². The Labute approximate surface area is 114 Å². The average molecular weight is 272 g/mol. The number of carbonyl (C=O) groups is 2. The zero-order valence-electron chi connectivity index (χ0n) is 10.6. The van der Waals surface area contributed by atoms with E-state index in [1.54, 1.807) is 31.2 Å². The number of rotatable bonds is 2. The van der Waals surface area contributed by atoms with Crippen LogP contribution in [0.4, 0.5) is 0 Å². The second-order valence-corrected chi connectivity index (χ2v) is 4.72. The molecular formula is C14H12N2O4. The standard InChI is InChI=1S/C14H12N2O4/c1-7-9(10-11(17)13(19)12(10)18)14(20)16(15-7)8-5-3-2-4-6-8/h2-6,10-11,17,20H,1H3. The maximum absolute atomic E-state index is 11.6. The lowest BCUT2D eigenvalue weighted by molar-refractivity contribution is -0.154. The van der Waals surface area contributed by atoms with Crippen LogP contribution >= 0.6 is 0 Å². The number of nitrogens with zero attached hydrogens (tertiary/aromatic N) is 2. The topological polar surface area (TPSA) is 92.4 Å². The number of ketones is 2. The van der Waals surface area contributed by atoms with Crippen molar-refractivity contribution in [3.63, 3.8) is 0 Å². The molecule has 0 radical (unpaired) electrons. The molecule has 1 saturated carbocycles. The third-order valence-electron chi connectivity index (χ3n) is 3.50. The molecule has 1 heterocycles. The van der Waals surface area contributed by atoms with Crippen LogP contribution in [0, 0.1) is 6.92 Å². The Morgan fingerprint density at radius 3 is 2.40 bits per heavy atom. The number of para-hydroxylation sites is 1. The second kappa shape index (κ2) is 4.28.